The Balaban J connectivity index is 2.04. The first-order valence-electron chi connectivity index (χ1n) is 4.85. The van der Waals surface area contributed by atoms with E-state index < -0.39 is 0 Å². The van der Waals surface area contributed by atoms with E-state index in [0.29, 0.717) is 0 Å². The zero-order valence-electron chi connectivity index (χ0n) is 8.83. The zero-order chi connectivity index (χ0) is 11.5. The van der Waals surface area contributed by atoms with Gasteiger partial charge in [0.25, 0.3) is 0 Å². The third-order valence-corrected chi connectivity index (χ3v) is 3.54. The molecule has 3 N–H and O–H groups in total. The zero-order valence-corrected chi connectivity index (χ0v) is 11.2. The van der Waals surface area contributed by atoms with E-state index in [1.54, 1.807) is 11.3 Å². The maximum Gasteiger partial charge on any atom is 0.0897 e. The first-order chi connectivity index (χ1) is 7.65. The fourth-order valence-corrected chi connectivity index (χ4v) is 2.48. The van der Waals surface area contributed by atoms with E-state index in [1.165, 1.54) is 4.88 Å². The minimum atomic E-state index is 0.746. The molecule has 5 heteroatoms. The number of aryl methyl sites for hydroxylation is 1. The second kappa shape index (κ2) is 4.84. The summed E-state index contributed by atoms with van der Waals surface area (Å²) in [6.45, 7) is 2.76. The van der Waals surface area contributed by atoms with Gasteiger partial charge in [0.05, 0.1) is 22.9 Å². The van der Waals surface area contributed by atoms with Crippen molar-refractivity contribution in [2.75, 3.05) is 11.1 Å². The number of anilines is 2. The summed E-state index contributed by atoms with van der Waals surface area (Å²) in [5.74, 6) is 0. The molecule has 0 unspecified atom stereocenters. The lowest BCUT2D eigenvalue weighted by atomic mass is 10.2. The predicted molar refractivity (Wildman–Crippen MR) is 72.7 cm³/mol. The summed E-state index contributed by atoms with van der Waals surface area (Å²) in [4.78, 5) is 5.41. The third kappa shape index (κ3) is 2.74. The molecule has 16 heavy (non-hydrogen) atoms. The second-order valence-electron chi connectivity index (χ2n) is 3.43. The topological polar surface area (TPSA) is 50.9 Å². The van der Waals surface area contributed by atoms with E-state index in [4.69, 9.17) is 5.73 Å². The molecule has 0 atom stereocenters. The van der Waals surface area contributed by atoms with E-state index in [0.717, 1.165) is 27.4 Å². The van der Waals surface area contributed by atoms with Crippen molar-refractivity contribution in [1.29, 1.82) is 0 Å². The normalized spacial score (nSPS) is 10.4. The van der Waals surface area contributed by atoms with Gasteiger partial charge in [0, 0.05) is 15.5 Å². The Kier molecular flexibility index (Phi) is 3.46. The summed E-state index contributed by atoms with van der Waals surface area (Å²) in [6, 6.07) is 5.82. The monoisotopic (exact) mass is 297 g/mol. The van der Waals surface area contributed by atoms with Gasteiger partial charge in [-0.2, -0.15) is 0 Å². The molecule has 0 spiro atoms. The Labute approximate surface area is 107 Å². The quantitative estimate of drug-likeness (QED) is 0.854. The summed E-state index contributed by atoms with van der Waals surface area (Å²) in [5, 5.41) is 4.38. The Morgan fingerprint density at radius 1 is 1.50 bits per heavy atom. The Morgan fingerprint density at radius 2 is 2.31 bits per heavy atom. The third-order valence-electron chi connectivity index (χ3n) is 2.14. The first kappa shape index (κ1) is 11.4. The molecule has 0 saturated heterocycles. The predicted octanol–water partition coefficient (Wildman–Crippen LogP) is 3.41. The average molecular weight is 298 g/mol. The Hall–Kier alpha value is -1.07. The molecule has 0 aliphatic rings. The molecule has 84 valence electrons. The van der Waals surface area contributed by atoms with Crippen LogP contribution < -0.4 is 11.1 Å². The molecule has 0 radical (unpaired) electrons. The van der Waals surface area contributed by atoms with Crippen molar-refractivity contribution < 1.29 is 0 Å². The van der Waals surface area contributed by atoms with E-state index in [2.05, 4.69) is 26.2 Å². The number of halogens is 1. The minimum Gasteiger partial charge on any atom is -0.397 e. The molecule has 1 heterocycles. The molecule has 0 fully saturated rings. The number of hydrogen-bond acceptors (Lipinski definition) is 4. The number of nitrogens with zero attached hydrogens (tertiary/aromatic N) is 1. The highest BCUT2D eigenvalue weighted by molar-refractivity contribution is 9.10. The van der Waals surface area contributed by atoms with E-state index >= 15 is 0 Å². The molecular formula is C11H12BrN3S. The van der Waals surface area contributed by atoms with Gasteiger partial charge < -0.3 is 11.1 Å². The van der Waals surface area contributed by atoms with E-state index in [1.807, 2.05) is 31.3 Å². The molecule has 0 bridgehead atoms. The standard InChI is InChI=1S/C11H12BrN3S/c1-7-14-5-9(16-7)6-15-11-3-2-8(12)4-10(11)13/h2-5,15H,6,13H2,1H3. The van der Waals surface area contributed by atoms with Crippen molar-refractivity contribution >= 4 is 38.6 Å². The van der Waals surface area contributed by atoms with Crippen LogP contribution in [0.2, 0.25) is 0 Å². The largest absolute Gasteiger partial charge is 0.397 e. The summed E-state index contributed by atoms with van der Waals surface area (Å²) < 4.78 is 0.990. The van der Waals surface area contributed by atoms with Gasteiger partial charge in [-0.05, 0) is 25.1 Å². The molecule has 1 aromatic carbocycles. The van der Waals surface area contributed by atoms with E-state index in [9.17, 15) is 0 Å². The average Bonchev–Trinajstić information content (AvgIpc) is 2.63. The van der Waals surface area contributed by atoms with Crippen LogP contribution in [-0.2, 0) is 6.54 Å². The highest BCUT2D eigenvalue weighted by Crippen LogP contribution is 2.24. The molecule has 2 aromatic rings. The van der Waals surface area contributed by atoms with Crippen molar-refractivity contribution in [2.45, 2.75) is 13.5 Å². The lowest BCUT2D eigenvalue weighted by Gasteiger charge is -2.08. The molecule has 0 amide bonds. The molecule has 0 saturated carbocycles. The molecule has 2 rings (SSSR count). The van der Waals surface area contributed by atoms with Crippen LogP contribution in [0.4, 0.5) is 11.4 Å². The Bertz CT molecular complexity index is 496. The molecular weight excluding hydrogens is 286 g/mol. The van der Waals surface area contributed by atoms with E-state index in [-0.39, 0.29) is 0 Å². The van der Waals surface area contributed by atoms with Gasteiger partial charge in [0.15, 0.2) is 0 Å². The van der Waals surface area contributed by atoms with Gasteiger partial charge in [-0.3, -0.25) is 0 Å². The van der Waals surface area contributed by atoms with Crippen molar-refractivity contribution in [2.24, 2.45) is 0 Å². The van der Waals surface area contributed by atoms with Crippen LogP contribution in [0.3, 0.4) is 0 Å². The number of nitrogens with one attached hydrogen (secondary N) is 1. The molecule has 1 aromatic heterocycles. The summed E-state index contributed by atoms with van der Waals surface area (Å²) in [7, 11) is 0. The number of nitrogens with two attached hydrogens (primary N) is 1. The molecule has 0 aliphatic carbocycles. The van der Waals surface area contributed by atoms with Gasteiger partial charge in [-0.1, -0.05) is 15.9 Å². The van der Waals surface area contributed by atoms with Crippen LogP contribution in [0.15, 0.2) is 28.9 Å². The second-order valence-corrected chi connectivity index (χ2v) is 5.67. The Morgan fingerprint density at radius 3 is 2.94 bits per heavy atom. The summed E-state index contributed by atoms with van der Waals surface area (Å²) in [6.07, 6.45) is 1.89. The van der Waals surface area contributed by atoms with Gasteiger partial charge in [0.1, 0.15) is 0 Å². The fraction of sp³-hybridized carbons (Fsp3) is 0.182. The highest BCUT2D eigenvalue weighted by atomic mass is 79.9. The fourth-order valence-electron chi connectivity index (χ4n) is 1.36. The van der Waals surface area contributed by atoms with Crippen molar-refractivity contribution in [3.8, 4) is 0 Å². The van der Waals surface area contributed by atoms with Gasteiger partial charge >= 0.3 is 0 Å². The number of benzene rings is 1. The summed E-state index contributed by atoms with van der Waals surface area (Å²) >= 11 is 5.07. The summed E-state index contributed by atoms with van der Waals surface area (Å²) in [5.41, 5.74) is 7.58. The van der Waals surface area contributed by atoms with Crippen molar-refractivity contribution in [3.63, 3.8) is 0 Å². The van der Waals surface area contributed by atoms with Crippen LogP contribution in [0.25, 0.3) is 0 Å². The first-order valence-corrected chi connectivity index (χ1v) is 6.46. The number of nitrogen functional groups attached to an aromatic ring is 1. The highest BCUT2D eigenvalue weighted by Gasteiger charge is 2.01. The van der Waals surface area contributed by atoms with Crippen molar-refractivity contribution in [1.82, 2.24) is 4.98 Å². The smallest absolute Gasteiger partial charge is 0.0897 e. The van der Waals surface area contributed by atoms with Crippen LogP contribution >= 0.6 is 27.3 Å². The van der Waals surface area contributed by atoms with Crippen LogP contribution in [-0.4, -0.2) is 4.98 Å². The minimum absolute atomic E-state index is 0.746. The van der Waals surface area contributed by atoms with Crippen molar-refractivity contribution in [3.05, 3.63) is 38.8 Å². The number of rotatable bonds is 3. The van der Waals surface area contributed by atoms with Gasteiger partial charge in [-0.15, -0.1) is 11.3 Å². The lowest BCUT2D eigenvalue weighted by molar-refractivity contribution is 1.17. The van der Waals surface area contributed by atoms with Gasteiger partial charge in [-0.25, -0.2) is 4.98 Å². The van der Waals surface area contributed by atoms with Crippen LogP contribution in [0.5, 0.6) is 0 Å². The van der Waals surface area contributed by atoms with Gasteiger partial charge in [0.2, 0.25) is 0 Å². The number of hydrogen-bond donors (Lipinski definition) is 2. The maximum absolute atomic E-state index is 5.89. The SMILES string of the molecule is Cc1ncc(CNc2ccc(Br)cc2N)s1. The maximum atomic E-state index is 5.89. The van der Waals surface area contributed by atoms with Crippen LogP contribution in [0, 0.1) is 6.92 Å². The lowest BCUT2D eigenvalue weighted by Crippen LogP contribution is -2.00. The molecule has 3 nitrogen and oxygen atoms in total. The number of thiazole rings is 1. The molecule has 0 aliphatic heterocycles. The van der Waals surface area contributed by atoms with Crippen LogP contribution in [0.1, 0.15) is 9.88 Å². The number of aromatic nitrogens is 1.